The minimum Gasteiger partial charge on any atom is -0.377 e. The van der Waals surface area contributed by atoms with E-state index in [1.807, 2.05) is 11.7 Å². The van der Waals surface area contributed by atoms with Gasteiger partial charge in [0.2, 0.25) is 0 Å². The minimum atomic E-state index is -0.0422. The molecule has 0 radical (unpaired) electrons. The number of rotatable bonds is 3. The monoisotopic (exact) mass is 254 g/mol. The van der Waals surface area contributed by atoms with Crippen LogP contribution in [0.15, 0.2) is 11.7 Å². The molecule has 0 N–H and O–H groups in total. The molecule has 0 amide bonds. The SMILES string of the molecule is CO[C@H]1CN(Cc2cncs2)C[C@@]12CCCO2. The van der Waals surface area contributed by atoms with Gasteiger partial charge in [-0.3, -0.25) is 9.88 Å². The molecule has 1 aromatic rings. The molecule has 0 bridgehead atoms. The van der Waals surface area contributed by atoms with E-state index in [1.54, 1.807) is 18.4 Å². The molecule has 1 aromatic heterocycles. The smallest absolute Gasteiger partial charge is 0.108 e. The maximum atomic E-state index is 5.98. The predicted molar refractivity (Wildman–Crippen MR) is 66.1 cm³/mol. The molecule has 2 aliphatic rings. The molecule has 0 unspecified atom stereocenters. The van der Waals surface area contributed by atoms with Crippen LogP contribution >= 0.6 is 11.3 Å². The third-order valence-electron chi connectivity index (χ3n) is 3.78. The van der Waals surface area contributed by atoms with Crippen LogP contribution in [0.4, 0.5) is 0 Å². The Morgan fingerprint density at radius 2 is 2.65 bits per heavy atom. The Bertz CT molecular complexity index is 363. The van der Waals surface area contributed by atoms with Crippen LogP contribution in [0.1, 0.15) is 17.7 Å². The van der Waals surface area contributed by atoms with Crippen LogP contribution in [0.25, 0.3) is 0 Å². The fraction of sp³-hybridized carbons (Fsp3) is 0.750. The molecule has 2 fully saturated rings. The lowest BCUT2D eigenvalue weighted by molar-refractivity contribution is -0.0756. The lowest BCUT2D eigenvalue weighted by atomic mass is 9.97. The van der Waals surface area contributed by atoms with Gasteiger partial charge in [0.15, 0.2) is 0 Å². The summed E-state index contributed by atoms with van der Waals surface area (Å²) < 4.78 is 11.6. The Balaban J connectivity index is 1.69. The molecular formula is C12H18N2O2S. The average Bonchev–Trinajstić information content (AvgIpc) is 3.02. The second-order valence-corrected chi connectivity index (χ2v) is 5.85. The summed E-state index contributed by atoms with van der Waals surface area (Å²) in [5.74, 6) is 0. The van der Waals surface area contributed by atoms with Gasteiger partial charge in [0.05, 0.1) is 11.6 Å². The van der Waals surface area contributed by atoms with Gasteiger partial charge < -0.3 is 9.47 Å². The molecule has 94 valence electrons. The quantitative estimate of drug-likeness (QED) is 0.819. The predicted octanol–water partition coefficient (Wildman–Crippen LogP) is 1.52. The van der Waals surface area contributed by atoms with E-state index in [-0.39, 0.29) is 11.7 Å². The number of likely N-dealkylation sites (tertiary alicyclic amines) is 1. The van der Waals surface area contributed by atoms with Crippen molar-refractivity contribution in [2.45, 2.75) is 31.1 Å². The van der Waals surface area contributed by atoms with Gasteiger partial charge in [0, 0.05) is 44.4 Å². The molecule has 2 aliphatic heterocycles. The molecule has 1 spiro atoms. The van der Waals surface area contributed by atoms with Crippen molar-refractivity contribution < 1.29 is 9.47 Å². The number of hydrogen-bond donors (Lipinski definition) is 0. The Labute approximate surface area is 106 Å². The Hall–Kier alpha value is -0.490. The minimum absolute atomic E-state index is 0.0422. The Kier molecular flexibility index (Phi) is 3.17. The van der Waals surface area contributed by atoms with E-state index >= 15 is 0 Å². The van der Waals surface area contributed by atoms with E-state index in [2.05, 4.69) is 9.88 Å². The normalized spacial score (nSPS) is 33.8. The summed E-state index contributed by atoms with van der Waals surface area (Å²) in [5.41, 5.74) is 1.85. The van der Waals surface area contributed by atoms with Gasteiger partial charge in [-0.1, -0.05) is 0 Å². The second kappa shape index (κ2) is 4.65. The van der Waals surface area contributed by atoms with Crippen molar-refractivity contribution in [3.05, 3.63) is 16.6 Å². The van der Waals surface area contributed by atoms with Crippen LogP contribution in [0.3, 0.4) is 0 Å². The maximum absolute atomic E-state index is 5.98. The van der Waals surface area contributed by atoms with Gasteiger partial charge in [-0.25, -0.2) is 0 Å². The average molecular weight is 254 g/mol. The van der Waals surface area contributed by atoms with E-state index in [1.165, 1.54) is 4.88 Å². The van der Waals surface area contributed by atoms with Gasteiger partial charge in [0.25, 0.3) is 0 Å². The van der Waals surface area contributed by atoms with Crippen molar-refractivity contribution in [3.63, 3.8) is 0 Å². The molecule has 17 heavy (non-hydrogen) atoms. The number of nitrogens with zero attached hydrogens (tertiary/aromatic N) is 2. The van der Waals surface area contributed by atoms with E-state index < -0.39 is 0 Å². The van der Waals surface area contributed by atoms with Crippen LogP contribution in [0, 0.1) is 0 Å². The summed E-state index contributed by atoms with van der Waals surface area (Å²) in [7, 11) is 1.80. The van der Waals surface area contributed by atoms with Crippen LogP contribution in [-0.2, 0) is 16.0 Å². The molecule has 2 atom stereocenters. The van der Waals surface area contributed by atoms with Crippen LogP contribution in [0.5, 0.6) is 0 Å². The van der Waals surface area contributed by atoms with Gasteiger partial charge in [-0.15, -0.1) is 11.3 Å². The summed E-state index contributed by atoms with van der Waals surface area (Å²) in [6.07, 6.45) is 4.46. The maximum Gasteiger partial charge on any atom is 0.108 e. The Morgan fingerprint density at radius 1 is 1.71 bits per heavy atom. The molecule has 4 nitrogen and oxygen atoms in total. The first kappa shape index (κ1) is 11.6. The van der Waals surface area contributed by atoms with Crippen molar-refractivity contribution in [3.8, 4) is 0 Å². The zero-order valence-corrected chi connectivity index (χ0v) is 10.9. The number of ether oxygens (including phenoxy) is 2. The second-order valence-electron chi connectivity index (χ2n) is 4.88. The van der Waals surface area contributed by atoms with Crippen LogP contribution in [-0.4, -0.2) is 48.4 Å². The zero-order chi connectivity index (χ0) is 11.7. The van der Waals surface area contributed by atoms with E-state index in [0.29, 0.717) is 0 Å². The highest BCUT2D eigenvalue weighted by atomic mass is 32.1. The summed E-state index contributed by atoms with van der Waals surface area (Å²) in [5, 5.41) is 0. The van der Waals surface area contributed by atoms with Crippen molar-refractivity contribution in [1.82, 2.24) is 9.88 Å². The van der Waals surface area contributed by atoms with Crippen molar-refractivity contribution in [2.75, 3.05) is 26.8 Å². The largest absolute Gasteiger partial charge is 0.377 e. The first-order valence-electron chi connectivity index (χ1n) is 6.09. The number of hydrogen-bond acceptors (Lipinski definition) is 5. The fourth-order valence-corrected chi connectivity index (χ4v) is 3.63. The summed E-state index contributed by atoms with van der Waals surface area (Å²) in [4.78, 5) is 7.86. The number of aromatic nitrogens is 1. The lowest BCUT2D eigenvalue weighted by Crippen LogP contribution is -2.41. The van der Waals surface area contributed by atoms with E-state index in [4.69, 9.17) is 9.47 Å². The van der Waals surface area contributed by atoms with Crippen LogP contribution < -0.4 is 0 Å². The highest BCUT2D eigenvalue weighted by Crippen LogP contribution is 2.37. The first-order valence-corrected chi connectivity index (χ1v) is 6.97. The number of methoxy groups -OCH3 is 1. The molecule has 0 aromatic carbocycles. The zero-order valence-electron chi connectivity index (χ0n) is 10.1. The summed E-state index contributed by atoms with van der Waals surface area (Å²) in [6, 6.07) is 0. The number of thiazole rings is 1. The Morgan fingerprint density at radius 3 is 3.29 bits per heavy atom. The van der Waals surface area contributed by atoms with Gasteiger partial charge in [-0.2, -0.15) is 0 Å². The lowest BCUT2D eigenvalue weighted by Gasteiger charge is -2.28. The molecule has 3 rings (SSSR count). The van der Waals surface area contributed by atoms with Crippen LogP contribution in [0.2, 0.25) is 0 Å². The van der Waals surface area contributed by atoms with Crippen molar-refractivity contribution in [2.24, 2.45) is 0 Å². The molecule has 2 saturated heterocycles. The molecular weight excluding hydrogens is 236 g/mol. The van der Waals surface area contributed by atoms with Crippen molar-refractivity contribution >= 4 is 11.3 Å². The van der Waals surface area contributed by atoms with E-state index in [0.717, 1.165) is 39.1 Å². The summed E-state index contributed by atoms with van der Waals surface area (Å²) >= 11 is 1.72. The molecule has 0 aliphatic carbocycles. The fourth-order valence-electron chi connectivity index (χ4n) is 2.99. The van der Waals surface area contributed by atoms with Gasteiger partial charge in [-0.05, 0) is 12.8 Å². The molecule has 0 saturated carbocycles. The first-order chi connectivity index (χ1) is 8.32. The third-order valence-corrected chi connectivity index (χ3v) is 4.55. The highest BCUT2D eigenvalue weighted by Gasteiger charge is 2.49. The van der Waals surface area contributed by atoms with Gasteiger partial charge >= 0.3 is 0 Å². The third kappa shape index (κ3) is 2.12. The highest BCUT2D eigenvalue weighted by molar-refractivity contribution is 7.09. The van der Waals surface area contributed by atoms with Gasteiger partial charge in [0.1, 0.15) is 5.60 Å². The molecule has 5 heteroatoms. The van der Waals surface area contributed by atoms with Crippen molar-refractivity contribution in [1.29, 1.82) is 0 Å². The standard InChI is InChI=1S/C12H18N2O2S/c1-15-11-7-14(6-10-5-13-9-17-10)8-12(11)3-2-4-16-12/h5,9,11H,2-4,6-8H2,1H3/t11-,12-/m0/s1. The molecule has 3 heterocycles. The topological polar surface area (TPSA) is 34.6 Å². The summed E-state index contributed by atoms with van der Waals surface area (Å²) in [6.45, 7) is 3.81. The van der Waals surface area contributed by atoms with E-state index in [9.17, 15) is 0 Å².